The predicted octanol–water partition coefficient (Wildman–Crippen LogP) is 1.31. The zero-order chi connectivity index (χ0) is 19.1. The van der Waals surface area contributed by atoms with Gasteiger partial charge in [-0.25, -0.2) is 9.97 Å². The number of carbonyl (C=O) groups is 1. The molecule has 0 radical (unpaired) electrons. The zero-order valence-electron chi connectivity index (χ0n) is 14.7. The van der Waals surface area contributed by atoms with Crippen LogP contribution in [0, 0.1) is 11.3 Å². The van der Waals surface area contributed by atoms with Crippen molar-refractivity contribution in [2.45, 2.75) is 12.0 Å². The summed E-state index contributed by atoms with van der Waals surface area (Å²) >= 11 is 0. The predicted molar refractivity (Wildman–Crippen MR) is 97.8 cm³/mol. The fraction of sp³-hybridized carbons (Fsp3) is 0.222. The summed E-state index contributed by atoms with van der Waals surface area (Å²) in [6.07, 6.45) is 8.79. The first-order valence-corrected chi connectivity index (χ1v) is 8.70. The van der Waals surface area contributed by atoms with Crippen molar-refractivity contribution in [2.24, 2.45) is 0 Å². The maximum Gasteiger partial charge on any atom is 0.274 e. The number of carbonyl (C=O) groups excluding carboxylic acids is 1. The first-order valence-electron chi connectivity index (χ1n) is 8.70. The van der Waals surface area contributed by atoms with Crippen LogP contribution in [0.4, 0.5) is 0 Å². The largest absolute Gasteiger partial charge is 0.346 e. The van der Waals surface area contributed by atoms with Crippen LogP contribution in [0.3, 0.4) is 0 Å². The van der Waals surface area contributed by atoms with Gasteiger partial charge in [-0.1, -0.05) is 0 Å². The fourth-order valence-corrected chi connectivity index (χ4v) is 3.64. The van der Waals surface area contributed by atoms with Crippen LogP contribution in [0.5, 0.6) is 0 Å². The zero-order valence-corrected chi connectivity index (χ0v) is 14.7. The number of aromatic nitrogens is 7. The summed E-state index contributed by atoms with van der Waals surface area (Å²) < 4.78 is 1.78. The smallest absolute Gasteiger partial charge is 0.274 e. The molecule has 5 heterocycles. The Kier molecular flexibility index (Phi) is 3.48. The second-order valence-electron chi connectivity index (χ2n) is 6.82. The van der Waals surface area contributed by atoms with Gasteiger partial charge in [-0.15, -0.1) is 0 Å². The summed E-state index contributed by atoms with van der Waals surface area (Å²) in [6, 6.07) is 5.78. The highest BCUT2D eigenvalue weighted by Gasteiger charge is 2.48. The van der Waals surface area contributed by atoms with Crippen molar-refractivity contribution in [3.05, 3.63) is 48.9 Å². The molecule has 1 saturated heterocycles. The molecule has 28 heavy (non-hydrogen) atoms. The van der Waals surface area contributed by atoms with Gasteiger partial charge in [-0.2, -0.15) is 15.5 Å². The molecule has 4 aromatic rings. The van der Waals surface area contributed by atoms with Crippen LogP contribution in [0.25, 0.3) is 22.3 Å². The van der Waals surface area contributed by atoms with Crippen molar-refractivity contribution in [3.8, 4) is 17.3 Å². The van der Waals surface area contributed by atoms with E-state index in [1.807, 2.05) is 18.5 Å². The van der Waals surface area contributed by atoms with Crippen LogP contribution in [0.1, 0.15) is 16.9 Å². The van der Waals surface area contributed by atoms with Gasteiger partial charge < -0.3 is 9.88 Å². The maximum absolute atomic E-state index is 12.5. The average molecular weight is 373 g/mol. The Hall–Kier alpha value is -4.00. The van der Waals surface area contributed by atoms with Crippen LogP contribution in [-0.2, 0) is 5.54 Å². The van der Waals surface area contributed by atoms with E-state index < -0.39 is 5.54 Å². The summed E-state index contributed by atoms with van der Waals surface area (Å²) in [6.45, 7) is 0.799. The van der Waals surface area contributed by atoms with Gasteiger partial charge in [0.15, 0.2) is 0 Å². The number of rotatable bonds is 4. The number of H-pyrrole nitrogens is 2. The van der Waals surface area contributed by atoms with E-state index in [0.29, 0.717) is 18.8 Å². The standard InChI is InChI=1S/C18H15N9O/c19-4-3-18(9-26(10-18)17(28)14-2-6-23-25-14)27-8-12(7-24-27)15-13-1-5-20-16(13)22-11-21-15/h1-2,5-8,11H,3,9-10H2,(H,23,25)(H,20,21,22). The van der Waals surface area contributed by atoms with Gasteiger partial charge in [-0.3, -0.25) is 14.6 Å². The van der Waals surface area contributed by atoms with E-state index in [2.05, 4.69) is 36.3 Å². The van der Waals surface area contributed by atoms with E-state index in [-0.39, 0.29) is 12.3 Å². The molecule has 0 aromatic carbocycles. The Labute approximate surface area is 158 Å². The molecule has 10 heteroatoms. The third-order valence-corrected chi connectivity index (χ3v) is 5.08. The molecule has 2 N–H and O–H groups in total. The lowest BCUT2D eigenvalue weighted by Gasteiger charge is -2.48. The summed E-state index contributed by atoms with van der Waals surface area (Å²) in [5.41, 5.74) is 2.17. The van der Waals surface area contributed by atoms with Crippen LogP contribution < -0.4 is 0 Å². The summed E-state index contributed by atoms with van der Waals surface area (Å²) in [4.78, 5) is 25.8. The van der Waals surface area contributed by atoms with Gasteiger partial charge >= 0.3 is 0 Å². The van der Waals surface area contributed by atoms with Crippen LogP contribution >= 0.6 is 0 Å². The number of hydrogen-bond acceptors (Lipinski definition) is 6. The van der Waals surface area contributed by atoms with Crippen molar-refractivity contribution in [1.82, 2.24) is 39.8 Å². The third-order valence-electron chi connectivity index (χ3n) is 5.08. The maximum atomic E-state index is 12.5. The Morgan fingerprint density at radius 2 is 2.18 bits per heavy atom. The molecule has 5 rings (SSSR count). The molecule has 0 atom stereocenters. The number of nitriles is 1. The van der Waals surface area contributed by atoms with E-state index in [1.54, 1.807) is 28.0 Å². The highest BCUT2D eigenvalue weighted by Crippen LogP contribution is 2.34. The molecule has 1 amide bonds. The summed E-state index contributed by atoms with van der Waals surface area (Å²) in [5, 5.41) is 21.3. The molecule has 0 unspecified atom stereocenters. The van der Waals surface area contributed by atoms with Crippen molar-refractivity contribution < 1.29 is 4.79 Å². The Balaban J connectivity index is 1.44. The molecule has 4 aromatic heterocycles. The van der Waals surface area contributed by atoms with Crippen molar-refractivity contribution in [3.63, 3.8) is 0 Å². The van der Waals surface area contributed by atoms with Crippen LogP contribution in [0.2, 0.25) is 0 Å². The lowest BCUT2D eigenvalue weighted by molar-refractivity contribution is 0.00812. The normalized spacial score (nSPS) is 15.3. The molecule has 0 bridgehead atoms. The Morgan fingerprint density at radius 3 is 2.96 bits per heavy atom. The monoisotopic (exact) mass is 373 g/mol. The molecular formula is C18H15N9O. The quantitative estimate of drug-likeness (QED) is 0.554. The fourth-order valence-electron chi connectivity index (χ4n) is 3.64. The van der Waals surface area contributed by atoms with Gasteiger partial charge in [0.05, 0.1) is 24.4 Å². The van der Waals surface area contributed by atoms with Gasteiger partial charge in [0, 0.05) is 42.6 Å². The minimum Gasteiger partial charge on any atom is -0.346 e. The number of hydrogen-bond donors (Lipinski definition) is 2. The van der Waals surface area contributed by atoms with E-state index in [1.165, 1.54) is 6.33 Å². The number of likely N-dealkylation sites (tertiary alicyclic amines) is 1. The van der Waals surface area contributed by atoms with Crippen LogP contribution in [-0.4, -0.2) is 58.8 Å². The SMILES string of the molecule is N#CCC1(n2cc(-c3ncnc4[nH]ccc34)cn2)CN(C(=O)c2cc[nH]n2)C1. The van der Waals surface area contributed by atoms with Gasteiger partial charge in [0.25, 0.3) is 5.91 Å². The lowest BCUT2D eigenvalue weighted by atomic mass is 9.86. The molecule has 0 saturated carbocycles. The first kappa shape index (κ1) is 16.2. The molecular weight excluding hydrogens is 358 g/mol. The van der Waals surface area contributed by atoms with Gasteiger partial charge in [0.2, 0.25) is 0 Å². The second kappa shape index (κ2) is 6.02. The minimum atomic E-state index is -0.552. The van der Waals surface area contributed by atoms with E-state index in [9.17, 15) is 10.1 Å². The number of nitrogens with one attached hydrogen (secondary N) is 2. The van der Waals surface area contributed by atoms with Crippen molar-refractivity contribution >= 4 is 16.9 Å². The molecule has 0 aliphatic carbocycles. The summed E-state index contributed by atoms with van der Waals surface area (Å²) in [7, 11) is 0. The number of fused-ring (bicyclic) bond motifs is 1. The highest BCUT2D eigenvalue weighted by molar-refractivity contribution is 5.93. The van der Waals surface area contributed by atoms with Gasteiger partial charge in [0.1, 0.15) is 23.2 Å². The summed E-state index contributed by atoms with van der Waals surface area (Å²) in [5.74, 6) is -0.160. The topological polar surface area (TPSA) is 132 Å². The highest BCUT2D eigenvalue weighted by atomic mass is 16.2. The number of nitrogens with zero attached hydrogens (tertiary/aromatic N) is 7. The Morgan fingerprint density at radius 1 is 1.29 bits per heavy atom. The third kappa shape index (κ3) is 2.37. The number of aromatic amines is 2. The minimum absolute atomic E-state index is 0.160. The second-order valence-corrected chi connectivity index (χ2v) is 6.82. The van der Waals surface area contributed by atoms with Crippen LogP contribution in [0.15, 0.2) is 43.2 Å². The first-order chi connectivity index (χ1) is 13.7. The number of amides is 1. The van der Waals surface area contributed by atoms with Crippen molar-refractivity contribution in [1.29, 1.82) is 5.26 Å². The van der Waals surface area contributed by atoms with Gasteiger partial charge in [-0.05, 0) is 12.1 Å². The van der Waals surface area contributed by atoms with E-state index in [0.717, 1.165) is 22.3 Å². The average Bonchev–Trinajstić information content (AvgIpc) is 3.44. The molecule has 1 fully saturated rings. The van der Waals surface area contributed by atoms with E-state index >= 15 is 0 Å². The molecule has 1 aliphatic heterocycles. The Bertz CT molecular complexity index is 1190. The molecule has 0 spiro atoms. The van der Waals surface area contributed by atoms with E-state index in [4.69, 9.17) is 0 Å². The van der Waals surface area contributed by atoms with Crippen molar-refractivity contribution in [2.75, 3.05) is 13.1 Å². The molecule has 1 aliphatic rings. The molecule has 138 valence electrons. The lowest BCUT2D eigenvalue weighted by Crippen LogP contribution is -2.64. The molecule has 10 nitrogen and oxygen atoms in total.